The number of nitrogens with two attached hydrogens (primary N) is 1. The van der Waals surface area contributed by atoms with Gasteiger partial charge in [0.15, 0.2) is 0 Å². The molecule has 0 amide bonds. The van der Waals surface area contributed by atoms with Crippen molar-refractivity contribution >= 4 is 16.7 Å². The van der Waals surface area contributed by atoms with Crippen LogP contribution in [0.5, 0.6) is 0 Å². The first kappa shape index (κ1) is 13.6. The molecular weight excluding hydrogens is 238 g/mol. The van der Waals surface area contributed by atoms with Gasteiger partial charge in [0.05, 0.1) is 0 Å². The SMILES string of the molecule is CC(CCC(N)C(=O)O)c1cccc2ccccc12. The summed E-state index contributed by atoms with van der Waals surface area (Å²) in [7, 11) is 0. The zero-order valence-corrected chi connectivity index (χ0v) is 11.0. The molecular formula is C16H19NO2. The van der Waals surface area contributed by atoms with E-state index in [2.05, 4.69) is 31.2 Å². The van der Waals surface area contributed by atoms with Crippen molar-refractivity contribution in [3.8, 4) is 0 Å². The molecule has 0 aliphatic rings. The smallest absolute Gasteiger partial charge is 0.320 e. The summed E-state index contributed by atoms with van der Waals surface area (Å²) in [5, 5.41) is 11.3. The van der Waals surface area contributed by atoms with Crippen LogP contribution in [0.15, 0.2) is 42.5 Å². The van der Waals surface area contributed by atoms with E-state index in [9.17, 15) is 4.79 Å². The quantitative estimate of drug-likeness (QED) is 0.865. The van der Waals surface area contributed by atoms with Gasteiger partial charge in [-0.25, -0.2) is 0 Å². The second kappa shape index (κ2) is 5.85. The van der Waals surface area contributed by atoms with E-state index in [1.165, 1.54) is 16.3 Å². The Kier molecular flexibility index (Phi) is 4.17. The number of carbonyl (C=O) groups is 1. The number of aliphatic carboxylic acids is 1. The lowest BCUT2D eigenvalue weighted by Crippen LogP contribution is -2.30. The number of carboxylic acids is 1. The number of rotatable bonds is 5. The largest absolute Gasteiger partial charge is 0.480 e. The van der Waals surface area contributed by atoms with Crippen molar-refractivity contribution in [2.24, 2.45) is 5.73 Å². The lowest BCUT2D eigenvalue weighted by atomic mass is 9.90. The molecule has 3 heteroatoms. The average molecular weight is 257 g/mol. The van der Waals surface area contributed by atoms with Crippen molar-refractivity contribution in [2.45, 2.75) is 31.7 Å². The molecule has 2 unspecified atom stereocenters. The van der Waals surface area contributed by atoms with Gasteiger partial charge in [0.1, 0.15) is 6.04 Å². The van der Waals surface area contributed by atoms with Crippen molar-refractivity contribution < 1.29 is 9.90 Å². The molecule has 2 rings (SSSR count). The van der Waals surface area contributed by atoms with Crippen molar-refractivity contribution in [2.75, 3.05) is 0 Å². The van der Waals surface area contributed by atoms with Gasteiger partial charge in [-0.1, -0.05) is 49.4 Å². The summed E-state index contributed by atoms with van der Waals surface area (Å²) in [4.78, 5) is 10.7. The Bertz CT molecular complexity index is 574. The summed E-state index contributed by atoms with van der Waals surface area (Å²) in [5.74, 6) is -0.624. The molecule has 0 aliphatic carbocycles. The topological polar surface area (TPSA) is 63.3 Å². The fraction of sp³-hybridized carbons (Fsp3) is 0.312. The Morgan fingerprint density at radius 1 is 1.16 bits per heavy atom. The maximum absolute atomic E-state index is 10.7. The minimum atomic E-state index is -0.926. The Labute approximate surface area is 113 Å². The van der Waals surface area contributed by atoms with Gasteiger partial charge in [0.25, 0.3) is 0 Å². The number of fused-ring (bicyclic) bond motifs is 1. The zero-order valence-electron chi connectivity index (χ0n) is 11.0. The van der Waals surface area contributed by atoms with Gasteiger partial charge in [-0.15, -0.1) is 0 Å². The molecule has 100 valence electrons. The first-order valence-electron chi connectivity index (χ1n) is 6.55. The van der Waals surface area contributed by atoms with Crippen LogP contribution in [0.4, 0.5) is 0 Å². The molecule has 19 heavy (non-hydrogen) atoms. The second-order valence-corrected chi connectivity index (χ2v) is 4.99. The van der Waals surface area contributed by atoms with E-state index in [0.717, 1.165) is 6.42 Å². The average Bonchev–Trinajstić information content (AvgIpc) is 2.43. The molecule has 2 atom stereocenters. The monoisotopic (exact) mass is 257 g/mol. The van der Waals surface area contributed by atoms with E-state index in [0.29, 0.717) is 12.3 Å². The third-order valence-corrected chi connectivity index (χ3v) is 3.58. The lowest BCUT2D eigenvalue weighted by molar-refractivity contribution is -0.138. The molecule has 0 bridgehead atoms. The van der Waals surface area contributed by atoms with E-state index in [4.69, 9.17) is 10.8 Å². The van der Waals surface area contributed by atoms with Gasteiger partial charge in [0, 0.05) is 0 Å². The molecule has 2 aromatic carbocycles. The molecule has 0 saturated heterocycles. The van der Waals surface area contributed by atoms with Gasteiger partial charge >= 0.3 is 5.97 Å². The van der Waals surface area contributed by atoms with E-state index in [1.54, 1.807) is 0 Å². The standard InChI is InChI=1S/C16H19NO2/c1-11(9-10-15(17)16(18)19)13-8-4-6-12-5-2-3-7-14(12)13/h2-8,11,15H,9-10,17H2,1H3,(H,18,19). The Hall–Kier alpha value is -1.87. The Morgan fingerprint density at radius 2 is 1.84 bits per heavy atom. The predicted octanol–water partition coefficient (Wildman–Crippen LogP) is 3.14. The van der Waals surface area contributed by atoms with Gasteiger partial charge in [0.2, 0.25) is 0 Å². The molecule has 0 heterocycles. The van der Waals surface area contributed by atoms with Gasteiger partial charge < -0.3 is 10.8 Å². The summed E-state index contributed by atoms with van der Waals surface area (Å²) in [5.41, 5.74) is 6.82. The highest BCUT2D eigenvalue weighted by atomic mass is 16.4. The van der Waals surface area contributed by atoms with Crippen LogP contribution in [0.1, 0.15) is 31.2 Å². The maximum atomic E-state index is 10.7. The van der Waals surface area contributed by atoms with Crippen LogP contribution in [-0.2, 0) is 4.79 Å². The first-order valence-corrected chi connectivity index (χ1v) is 6.55. The Balaban J connectivity index is 2.17. The normalized spacial score (nSPS) is 14.2. The highest BCUT2D eigenvalue weighted by Crippen LogP contribution is 2.28. The number of carboxylic acid groups (broad SMARTS) is 1. The first-order chi connectivity index (χ1) is 9.09. The number of hydrogen-bond donors (Lipinski definition) is 2. The zero-order chi connectivity index (χ0) is 13.8. The molecule has 0 fully saturated rings. The van der Waals surface area contributed by atoms with Crippen LogP contribution in [-0.4, -0.2) is 17.1 Å². The van der Waals surface area contributed by atoms with Crippen LogP contribution >= 0.6 is 0 Å². The molecule has 0 radical (unpaired) electrons. The third kappa shape index (κ3) is 3.12. The lowest BCUT2D eigenvalue weighted by Gasteiger charge is -2.16. The Morgan fingerprint density at radius 3 is 2.58 bits per heavy atom. The minimum Gasteiger partial charge on any atom is -0.480 e. The predicted molar refractivity (Wildman–Crippen MR) is 77.2 cm³/mol. The van der Waals surface area contributed by atoms with Crippen LogP contribution in [0.2, 0.25) is 0 Å². The minimum absolute atomic E-state index is 0.302. The van der Waals surface area contributed by atoms with Crippen LogP contribution < -0.4 is 5.73 Å². The van der Waals surface area contributed by atoms with Crippen molar-refractivity contribution in [3.63, 3.8) is 0 Å². The molecule has 0 aromatic heterocycles. The molecule has 0 aliphatic heterocycles. The molecule has 0 saturated carbocycles. The summed E-state index contributed by atoms with van der Waals surface area (Å²) < 4.78 is 0. The second-order valence-electron chi connectivity index (χ2n) is 4.99. The van der Waals surface area contributed by atoms with E-state index in [1.807, 2.05) is 18.2 Å². The van der Waals surface area contributed by atoms with E-state index in [-0.39, 0.29) is 0 Å². The van der Waals surface area contributed by atoms with Crippen LogP contribution in [0, 0.1) is 0 Å². The van der Waals surface area contributed by atoms with Crippen molar-refractivity contribution in [1.29, 1.82) is 0 Å². The third-order valence-electron chi connectivity index (χ3n) is 3.58. The highest BCUT2D eigenvalue weighted by molar-refractivity contribution is 5.86. The van der Waals surface area contributed by atoms with Crippen LogP contribution in [0.25, 0.3) is 10.8 Å². The highest BCUT2D eigenvalue weighted by Gasteiger charge is 2.15. The summed E-state index contributed by atoms with van der Waals surface area (Å²) in [6.45, 7) is 2.12. The molecule has 3 nitrogen and oxygen atoms in total. The number of hydrogen-bond acceptors (Lipinski definition) is 2. The fourth-order valence-electron chi connectivity index (χ4n) is 2.39. The van der Waals surface area contributed by atoms with Gasteiger partial charge in [-0.2, -0.15) is 0 Å². The summed E-state index contributed by atoms with van der Waals surface area (Å²) in [6, 6.07) is 13.7. The summed E-state index contributed by atoms with van der Waals surface area (Å²) >= 11 is 0. The number of benzene rings is 2. The fourth-order valence-corrected chi connectivity index (χ4v) is 2.39. The van der Waals surface area contributed by atoms with Gasteiger partial charge in [-0.3, -0.25) is 4.79 Å². The summed E-state index contributed by atoms with van der Waals surface area (Å²) in [6.07, 6.45) is 1.28. The molecule has 0 spiro atoms. The maximum Gasteiger partial charge on any atom is 0.320 e. The van der Waals surface area contributed by atoms with Crippen molar-refractivity contribution in [1.82, 2.24) is 0 Å². The molecule has 3 N–H and O–H groups in total. The van der Waals surface area contributed by atoms with Gasteiger partial charge in [-0.05, 0) is 35.1 Å². The van der Waals surface area contributed by atoms with Crippen molar-refractivity contribution in [3.05, 3.63) is 48.0 Å². The molecule has 2 aromatic rings. The van der Waals surface area contributed by atoms with Crippen LogP contribution in [0.3, 0.4) is 0 Å². The van der Waals surface area contributed by atoms with E-state index >= 15 is 0 Å². The van der Waals surface area contributed by atoms with E-state index < -0.39 is 12.0 Å².